The Morgan fingerprint density at radius 2 is 2.44 bits per heavy atom. The second-order valence-corrected chi connectivity index (χ2v) is 3.92. The molecule has 94 valence electrons. The maximum absolute atomic E-state index is 11.8. The molecule has 1 aliphatic rings. The number of nitrogens with zero attached hydrogens (tertiary/aromatic N) is 1. The van der Waals surface area contributed by atoms with Crippen LogP contribution in [0.4, 0.5) is 0 Å². The van der Waals surface area contributed by atoms with Gasteiger partial charge in [-0.25, -0.2) is 0 Å². The van der Waals surface area contributed by atoms with Gasteiger partial charge < -0.3 is 15.4 Å². The van der Waals surface area contributed by atoms with Crippen molar-refractivity contribution in [3.05, 3.63) is 12.7 Å². The summed E-state index contributed by atoms with van der Waals surface area (Å²) in [5, 5.41) is 0. The van der Waals surface area contributed by atoms with Crippen molar-refractivity contribution in [2.45, 2.75) is 31.9 Å². The van der Waals surface area contributed by atoms with E-state index < -0.39 is 0 Å². The maximum Gasteiger partial charge on any atom is 0.251 e. The molecule has 1 heterocycles. The van der Waals surface area contributed by atoms with E-state index in [1.807, 2.05) is 0 Å². The highest BCUT2D eigenvalue weighted by Gasteiger charge is 2.27. The number of carbonyl (C=O) groups excluding carboxylic acids is 1. The molecule has 0 aromatic rings. The van der Waals surface area contributed by atoms with Gasteiger partial charge >= 0.3 is 0 Å². The van der Waals surface area contributed by atoms with Gasteiger partial charge in [-0.1, -0.05) is 6.08 Å². The molecule has 16 heavy (non-hydrogen) atoms. The fourth-order valence-electron chi connectivity index (χ4n) is 1.64. The number of nitrogens with two attached hydrogens (primary N) is 1. The zero-order valence-corrected chi connectivity index (χ0v) is 10.5. The van der Waals surface area contributed by atoms with E-state index in [1.54, 1.807) is 17.9 Å². The van der Waals surface area contributed by atoms with Gasteiger partial charge in [0.2, 0.25) is 0 Å². The van der Waals surface area contributed by atoms with Crippen molar-refractivity contribution in [2.24, 2.45) is 5.73 Å². The minimum atomic E-state index is -0.366. The zero-order chi connectivity index (χ0) is 11.3. The Kier molecular flexibility index (Phi) is 7.38. The predicted octanol–water partition coefficient (Wildman–Crippen LogP) is 0.949. The summed E-state index contributed by atoms with van der Waals surface area (Å²) in [6.45, 7) is 7.36. The van der Waals surface area contributed by atoms with Gasteiger partial charge in [0.1, 0.15) is 6.10 Å². The normalized spacial score (nSPS) is 21.4. The number of ether oxygens (including phenoxy) is 1. The molecule has 1 rings (SSSR count). The van der Waals surface area contributed by atoms with E-state index in [0.717, 1.165) is 19.4 Å². The minimum Gasteiger partial charge on any atom is -0.368 e. The van der Waals surface area contributed by atoms with Crippen molar-refractivity contribution >= 4 is 18.3 Å². The van der Waals surface area contributed by atoms with Gasteiger partial charge in [0.15, 0.2) is 0 Å². The van der Waals surface area contributed by atoms with Crippen molar-refractivity contribution in [1.82, 2.24) is 4.90 Å². The Morgan fingerprint density at radius 1 is 1.75 bits per heavy atom. The first kappa shape index (κ1) is 15.4. The molecule has 0 radical (unpaired) electrons. The number of hydrogen-bond acceptors (Lipinski definition) is 3. The van der Waals surface area contributed by atoms with Crippen LogP contribution in [0.2, 0.25) is 0 Å². The van der Waals surface area contributed by atoms with Crippen LogP contribution in [-0.2, 0) is 9.53 Å². The van der Waals surface area contributed by atoms with Gasteiger partial charge in [0.05, 0.1) is 6.61 Å². The summed E-state index contributed by atoms with van der Waals surface area (Å²) in [7, 11) is 0. The van der Waals surface area contributed by atoms with Crippen LogP contribution in [0.5, 0.6) is 0 Å². The molecule has 0 saturated carbocycles. The molecule has 2 N–H and O–H groups in total. The standard InChI is InChI=1S/C11H20N2O2.ClH/c1-3-4-7-15-9(2)11(14)13-6-5-10(12)8-13;/h3,9-10H,1,4-8,12H2,2H3;1H/t9?,10-;/m1./s1. The first-order chi connectivity index (χ1) is 7.15. The molecule has 1 fully saturated rings. The third-order valence-electron chi connectivity index (χ3n) is 2.57. The number of likely N-dealkylation sites (tertiary alicyclic amines) is 1. The van der Waals surface area contributed by atoms with E-state index in [0.29, 0.717) is 13.2 Å². The van der Waals surface area contributed by atoms with E-state index in [4.69, 9.17) is 10.5 Å². The van der Waals surface area contributed by atoms with Crippen LogP contribution in [-0.4, -0.2) is 42.6 Å². The quantitative estimate of drug-likeness (QED) is 0.582. The average molecular weight is 249 g/mol. The van der Waals surface area contributed by atoms with Gasteiger partial charge in [0, 0.05) is 19.1 Å². The molecule has 0 aliphatic carbocycles. The molecular weight excluding hydrogens is 228 g/mol. The Labute approximate surface area is 103 Å². The number of amides is 1. The highest BCUT2D eigenvalue weighted by molar-refractivity contribution is 5.85. The van der Waals surface area contributed by atoms with Gasteiger partial charge in [-0.2, -0.15) is 0 Å². The van der Waals surface area contributed by atoms with Crippen molar-refractivity contribution in [3.63, 3.8) is 0 Å². The molecule has 0 bridgehead atoms. The van der Waals surface area contributed by atoms with Crippen LogP contribution in [0, 0.1) is 0 Å². The average Bonchev–Trinajstić information content (AvgIpc) is 2.64. The summed E-state index contributed by atoms with van der Waals surface area (Å²) >= 11 is 0. The van der Waals surface area contributed by atoms with Crippen LogP contribution in [0.15, 0.2) is 12.7 Å². The molecule has 4 nitrogen and oxygen atoms in total. The van der Waals surface area contributed by atoms with E-state index in [2.05, 4.69) is 6.58 Å². The van der Waals surface area contributed by atoms with Gasteiger partial charge in [-0.3, -0.25) is 4.79 Å². The summed E-state index contributed by atoms with van der Waals surface area (Å²) in [5.74, 6) is 0.0482. The zero-order valence-electron chi connectivity index (χ0n) is 9.72. The van der Waals surface area contributed by atoms with Crippen molar-refractivity contribution < 1.29 is 9.53 Å². The van der Waals surface area contributed by atoms with Crippen molar-refractivity contribution in [3.8, 4) is 0 Å². The topological polar surface area (TPSA) is 55.6 Å². The monoisotopic (exact) mass is 248 g/mol. The summed E-state index contributed by atoms with van der Waals surface area (Å²) < 4.78 is 5.39. The number of halogens is 1. The molecule has 0 aromatic heterocycles. The number of hydrogen-bond donors (Lipinski definition) is 1. The second-order valence-electron chi connectivity index (χ2n) is 3.92. The SMILES string of the molecule is C=CCCOC(C)C(=O)N1CC[C@@H](N)C1.Cl. The first-order valence-corrected chi connectivity index (χ1v) is 5.42. The van der Waals surface area contributed by atoms with Crippen LogP contribution in [0.1, 0.15) is 19.8 Å². The van der Waals surface area contributed by atoms with E-state index in [9.17, 15) is 4.79 Å². The summed E-state index contributed by atoms with van der Waals surface area (Å²) in [6.07, 6.45) is 3.08. The molecule has 0 aromatic carbocycles. The molecular formula is C11H21ClN2O2. The molecule has 1 unspecified atom stereocenters. The summed E-state index contributed by atoms with van der Waals surface area (Å²) in [5.41, 5.74) is 5.74. The lowest BCUT2D eigenvalue weighted by atomic mass is 10.3. The molecule has 1 aliphatic heterocycles. The lowest BCUT2D eigenvalue weighted by Crippen LogP contribution is -2.39. The van der Waals surface area contributed by atoms with Crippen LogP contribution in [0.25, 0.3) is 0 Å². The summed E-state index contributed by atoms with van der Waals surface area (Å²) in [4.78, 5) is 13.6. The molecule has 2 atom stereocenters. The lowest BCUT2D eigenvalue weighted by molar-refractivity contribution is -0.141. The van der Waals surface area contributed by atoms with Crippen molar-refractivity contribution in [2.75, 3.05) is 19.7 Å². The predicted molar refractivity (Wildman–Crippen MR) is 66.6 cm³/mol. The molecule has 1 saturated heterocycles. The van der Waals surface area contributed by atoms with E-state index in [-0.39, 0.29) is 30.5 Å². The molecule has 0 spiro atoms. The second kappa shape index (κ2) is 7.65. The van der Waals surface area contributed by atoms with Crippen LogP contribution >= 0.6 is 12.4 Å². The van der Waals surface area contributed by atoms with E-state index in [1.165, 1.54) is 0 Å². The van der Waals surface area contributed by atoms with Crippen LogP contribution < -0.4 is 5.73 Å². The fourth-order valence-corrected chi connectivity index (χ4v) is 1.64. The lowest BCUT2D eigenvalue weighted by Gasteiger charge is -2.20. The molecule has 5 heteroatoms. The number of rotatable bonds is 5. The minimum absolute atomic E-state index is 0. The third-order valence-corrected chi connectivity index (χ3v) is 2.57. The Hall–Kier alpha value is -0.580. The number of carbonyl (C=O) groups is 1. The van der Waals surface area contributed by atoms with Gasteiger partial charge in [-0.05, 0) is 19.8 Å². The van der Waals surface area contributed by atoms with Gasteiger partial charge in [0.25, 0.3) is 5.91 Å². The maximum atomic E-state index is 11.8. The van der Waals surface area contributed by atoms with Crippen molar-refractivity contribution in [1.29, 1.82) is 0 Å². The third kappa shape index (κ3) is 4.51. The molecule has 1 amide bonds. The Balaban J connectivity index is 0.00000225. The van der Waals surface area contributed by atoms with E-state index >= 15 is 0 Å². The Bertz CT molecular complexity index is 236. The first-order valence-electron chi connectivity index (χ1n) is 5.42. The highest BCUT2D eigenvalue weighted by atomic mass is 35.5. The fraction of sp³-hybridized carbons (Fsp3) is 0.727. The highest BCUT2D eigenvalue weighted by Crippen LogP contribution is 2.10. The largest absolute Gasteiger partial charge is 0.368 e. The van der Waals surface area contributed by atoms with Crippen LogP contribution in [0.3, 0.4) is 0 Å². The Morgan fingerprint density at radius 3 is 2.94 bits per heavy atom. The smallest absolute Gasteiger partial charge is 0.251 e. The van der Waals surface area contributed by atoms with Gasteiger partial charge in [-0.15, -0.1) is 19.0 Å². The summed E-state index contributed by atoms with van der Waals surface area (Å²) in [6, 6.07) is 0.134.